The summed E-state index contributed by atoms with van der Waals surface area (Å²) in [6, 6.07) is 0. The van der Waals surface area contributed by atoms with Gasteiger partial charge < -0.3 is 5.32 Å². The highest BCUT2D eigenvalue weighted by molar-refractivity contribution is 14.1. The van der Waals surface area contributed by atoms with Crippen LogP contribution in [0.3, 0.4) is 0 Å². The maximum Gasteiger partial charge on any atom is 0.267 e. The zero-order valence-electron chi connectivity index (χ0n) is 9.09. The topological polar surface area (TPSA) is 72.7 Å². The molecule has 2 heterocycles. The van der Waals surface area contributed by atoms with Crippen molar-refractivity contribution in [3.05, 3.63) is 44.5 Å². The smallest absolute Gasteiger partial charge is 0.267 e. The fourth-order valence-corrected chi connectivity index (χ4v) is 1.75. The number of halogens is 1. The Kier molecular flexibility index (Phi) is 3.67. The molecule has 0 saturated heterocycles. The van der Waals surface area contributed by atoms with Crippen LogP contribution in [0, 0.1) is 3.57 Å². The van der Waals surface area contributed by atoms with Crippen molar-refractivity contribution in [2.75, 3.05) is 12.4 Å². The molecule has 0 aromatic carbocycles. The number of nitrogens with zero attached hydrogens (tertiary/aromatic N) is 4. The SMILES string of the molecule is CNc1cnc(Cn2cncc(I)c2=O)cn1. The van der Waals surface area contributed by atoms with Crippen LogP contribution in [0.4, 0.5) is 5.82 Å². The van der Waals surface area contributed by atoms with Crippen LogP contribution in [0.5, 0.6) is 0 Å². The molecule has 0 bridgehead atoms. The third-order valence-electron chi connectivity index (χ3n) is 2.15. The largest absolute Gasteiger partial charge is 0.372 e. The molecule has 2 rings (SSSR count). The Morgan fingerprint density at radius 3 is 2.82 bits per heavy atom. The van der Waals surface area contributed by atoms with Gasteiger partial charge in [0.05, 0.1) is 34.5 Å². The maximum atomic E-state index is 11.8. The standard InChI is InChI=1S/C10H10IN5O/c1-12-9-4-14-7(2-15-9)5-16-6-13-3-8(11)10(16)17/h2-4,6H,5H2,1H3,(H,12,15). The van der Waals surface area contributed by atoms with E-state index in [1.165, 1.54) is 17.1 Å². The van der Waals surface area contributed by atoms with Gasteiger partial charge in [-0.2, -0.15) is 0 Å². The molecule has 0 aliphatic rings. The summed E-state index contributed by atoms with van der Waals surface area (Å²) in [5.74, 6) is 0.696. The van der Waals surface area contributed by atoms with Crippen LogP contribution in [0.1, 0.15) is 5.69 Å². The van der Waals surface area contributed by atoms with Crippen LogP contribution in [0.15, 0.2) is 29.7 Å². The molecular formula is C10H10IN5O. The zero-order valence-corrected chi connectivity index (χ0v) is 11.2. The average molecular weight is 343 g/mol. The lowest BCUT2D eigenvalue weighted by Crippen LogP contribution is -2.23. The summed E-state index contributed by atoms with van der Waals surface area (Å²) in [6.07, 6.45) is 6.30. The van der Waals surface area contributed by atoms with Crippen molar-refractivity contribution >= 4 is 28.4 Å². The second-order valence-electron chi connectivity index (χ2n) is 3.32. The van der Waals surface area contributed by atoms with E-state index < -0.39 is 0 Å². The molecular weight excluding hydrogens is 333 g/mol. The van der Waals surface area contributed by atoms with Gasteiger partial charge in [-0.3, -0.25) is 14.3 Å². The Labute approximate surface area is 111 Å². The third-order valence-corrected chi connectivity index (χ3v) is 2.89. The highest BCUT2D eigenvalue weighted by atomic mass is 127. The molecule has 1 N–H and O–H groups in total. The lowest BCUT2D eigenvalue weighted by molar-refractivity contribution is 0.710. The van der Waals surface area contributed by atoms with Crippen LogP contribution < -0.4 is 10.9 Å². The van der Waals surface area contributed by atoms with E-state index in [0.717, 1.165) is 5.69 Å². The van der Waals surface area contributed by atoms with Crippen molar-refractivity contribution < 1.29 is 0 Å². The van der Waals surface area contributed by atoms with Crippen LogP contribution in [-0.4, -0.2) is 26.6 Å². The van der Waals surface area contributed by atoms with Crippen molar-refractivity contribution in [3.8, 4) is 0 Å². The first-order valence-electron chi connectivity index (χ1n) is 4.89. The van der Waals surface area contributed by atoms with Gasteiger partial charge in [0.15, 0.2) is 0 Å². The van der Waals surface area contributed by atoms with E-state index >= 15 is 0 Å². The molecule has 0 saturated carbocycles. The van der Waals surface area contributed by atoms with E-state index in [-0.39, 0.29) is 5.56 Å². The lowest BCUT2D eigenvalue weighted by Gasteiger charge is -2.05. The average Bonchev–Trinajstić information content (AvgIpc) is 2.36. The van der Waals surface area contributed by atoms with E-state index in [4.69, 9.17) is 0 Å². The van der Waals surface area contributed by atoms with Gasteiger partial charge in [0.25, 0.3) is 5.56 Å². The normalized spacial score (nSPS) is 10.2. The molecule has 0 radical (unpaired) electrons. The van der Waals surface area contributed by atoms with Crippen LogP contribution in [0.25, 0.3) is 0 Å². The van der Waals surface area contributed by atoms with Gasteiger partial charge >= 0.3 is 0 Å². The van der Waals surface area contributed by atoms with Crippen molar-refractivity contribution in [1.82, 2.24) is 19.5 Å². The van der Waals surface area contributed by atoms with Crippen LogP contribution in [-0.2, 0) is 6.54 Å². The summed E-state index contributed by atoms with van der Waals surface area (Å²) >= 11 is 1.96. The fourth-order valence-electron chi connectivity index (χ4n) is 1.28. The highest BCUT2D eigenvalue weighted by Crippen LogP contribution is 2.01. The Bertz CT molecular complexity index is 566. The predicted molar refractivity (Wildman–Crippen MR) is 71.9 cm³/mol. The van der Waals surface area contributed by atoms with E-state index in [0.29, 0.717) is 15.9 Å². The van der Waals surface area contributed by atoms with Crippen molar-refractivity contribution in [2.24, 2.45) is 0 Å². The van der Waals surface area contributed by atoms with Crippen LogP contribution >= 0.6 is 22.6 Å². The lowest BCUT2D eigenvalue weighted by atomic mass is 10.4. The minimum atomic E-state index is -0.0694. The van der Waals surface area contributed by atoms with Gasteiger partial charge in [-0.25, -0.2) is 9.97 Å². The van der Waals surface area contributed by atoms with E-state index in [2.05, 4.69) is 20.3 Å². The number of aromatic nitrogens is 4. The summed E-state index contributed by atoms with van der Waals surface area (Å²) in [6.45, 7) is 0.375. The van der Waals surface area contributed by atoms with Crippen LogP contribution in [0.2, 0.25) is 0 Å². The maximum absolute atomic E-state index is 11.8. The molecule has 7 heteroatoms. The second kappa shape index (κ2) is 5.21. The first-order chi connectivity index (χ1) is 8.20. The van der Waals surface area contributed by atoms with Gasteiger partial charge in [-0.15, -0.1) is 0 Å². The number of hydrogen-bond acceptors (Lipinski definition) is 5. The Hall–Kier alpha value is -1.51. The van der Waals surface area contributed by atoms with E-state index in [1.807, 2.05) is 22.6 Å². The number of anilines is 1. The number of nitrogens with one attached hydrogen (secondary N) is 1. The molecule has 0 spiro atoms. The fraction of sp³-hybridized carbons (Fsp3) is 0.200. The monoisotopic (exact) mass is 343 g/mol. The quantitative estimate of drug-likeness (QED) is 0.832. The summed E-state index contributed by atoms with van der Waals surface area (Å²) in [4.78, 5) is 24.1. The summed E-state index contributed by atoms with van der Waals surface area (Å²) < 4.78 is 2.09. The Morgan fingerprint density at radius 2 is 2.18 bits per heavy atom. The van der Waals surface area contributed by atoms with Gasteiger partial charge in [0, 0.05) is 13.2 Å². The summed E-state index contributed by atoms with van der Waals surface area (Å²) in [5.41, 5.74) is 0.648. The molecule has 6 nitrogen and oxygen atoms in total. The summed E-state index contributed by atoms with van der Waals surface area (Å²) in [7, 11) is 1.78. The van der Waals surface area contributed by atoms with Gasteiger partial charge in [-0.1, -0.05) is 0 Å². The first-order valence-corrected chi connectivity index (χ1v) is 5.97. The molecule has 17 heavy (non-hydrogen) atoms. The van der Waals surface area contributed by atoms with Crippen molar-refractivity contribution in [2.45, 2.75) is 6.54 Å². The molecule has 0 atom stereocenters. The number of hydrogen-bond donors (Lipinski definition) is 1. The minimum Gasteiger partial charge on any atom is -0.372 e. The van der Waals surface area contributed by atoms with Gasteiger partial charge in [0.1, 0.15) is 5.82 Å². The van der Waals surface area contributed by atoms with Gasteiger partial charge in [-0.05, 0) is 22.6 Å². The van der Waals surface area contributed by atoms with Crippen molar-refractivity contribution in [1.29, 1.82) is 0 Å². The summed E-state index contributed by atoms with van der Waals surface area (Å²) in [5, 5.41) is 2.88. The minimum absolute atomic E-state index is 0.0694. The first kappa shape index (κ1) is 12.0. The Balaban J connectivity index is 2.25. The third kappa shape index (κ3) is 2.78. The highest BCUT2D eigenvalue weighted by Gasteiger charge is 2.03. The molecule has 0 aliphatic heterocycles. The molecule has 0 aliphatic carbocycles. The Morgan fingerprint density at radius 1 is 1.35 bits per heavy atom. The molecule has 0 amide bonds. The van der Waals surface area contributed by atoms with Gasteiger partial charge in [0.2, 0.25) is 0 Å². The zero-order chi connectivity index (χ0) is 12.3. The number of rotatable bonds is 3. The van der Waals surface area contributed by atoms with E-state index in [1.54, 1.807) is 19.4 Å². The van der Waals surface area contributed by atoms with Crippen molar-refractivity contribution in [3.63, 3.8) is 0 Å². The molecule has 0 unspecified atom stereocenters. The molecule has 2 aromatic rings. The second-order valence-corrected chi connectivity index (χ2v) is 4.48. The molecule has 2 aromatic heterocycles. The molecule has 0 fully saturated rings. The predicted octanol–water partition coefficient (Wildman–Crippen LogP) is 0.728. The molecule has 88 valence electrons. The van der Waals surface area contributed by atoms with E-state index in [9.17, 15) is 4.79 Å².